The lowest BCUT2D eigenvalue weighted by Crippen LogP contribution is -2.15. The minimum absolute atomic E-state index is 0.366. The lowest BCUT2D eigenvalue weighted by molar-refractivity contribution is 0.277. The molecule has 0 fully saturated rings. The second-order valence-corrected chi connectivity index (χ2v) is 5.00. The number of ether oxygens (including phenoxy) is 1. The van der Waals surface area contributed by atoms with Crippen LogP contribution in [0.25, 0.3) is 0 Å². The summed E-state index contributed by atoms with van der Waals surface area (Å²) in [6.45, 7) is 1.28. The molecule has 2 heterocycles. The van der Waals surface area contributed by atoms with Crippen molar-refractivity contribution in [2.45, 2.75) is 18.9 Å². The van der Waals surface area contributed by atoms with E-state index in [-0.39, 0.29) is 0 Å². The molecule has 17 heavy (non-hydrogen) atoms. The van der Waals surface area contributed by atoms with E-state index in [1.807, 2.05) is 17.5 Å². The molecule has 88 valence electrons. The van der Waals surface area contributed by atoms with Crippen molar-refractivity contribution in [1.29, 1.82) is 0 Å². The lowest BCUT2D eigenvalue weighted by atomic mass is 9.94. The van der Waals surface area contributed by atoms with E-state index < -0.39 is 0 Å². The minimum atomic E-state index is 0.366. The van der Waals surface area contributed by atoms with Gasteiger partial charge in [-0.3, -0.25) is 0 Å². The molecule has 2 aromatic rings. The molecule has 0 spiro atoms. The molecule has 0 radical (unpaired) electrons. The van der Waals surface area contributed by atoms with Crippen LogP contribution < -0.4 is 10.5 Å². The molecule has 0 aliphatic carbocycles. The maximum atomic E-state index is 5.66. The zero-order chi connectivity index (χ0) is 11.7. The largest absolute Gasteiger partial charge is 0.493 e. The fraction of sp³-hybridized carbons (Fsp3) is 0.308. The van der Waals surface area contributed by atoms with Crippen molar-refractivity contribution < 1.29 is 4.74 Å². The summed E-state index contributed by atoms with van der Waals surface area (Å²) >= 11 is 1.70. The Morgan fingerprint density at radius 1 is 1.41 bits per heavy atom. The van der Waals surface area contributed by atoms with Gasteiger partial charge in [-0.2, -0.15) is 0 Å². The van der Waals surface area contributed by atoms with Gasteiger partial charge in [-0.15, -0.1) is 11.3 Å². The van der Waals surface area contributed by atoms with Crippen LogP contribution in [-0.4, -0.2) is 11.6 Å². The number of thiazole rings is 1. The third kappa shape index (κ3) is 1.94. The number of para-hydroxylation sites is 1. The van der Waals surface area contributed by atoms with Gasteiger partial charge >= 0.3 is 0 Å². The Hall–Kier alpha value is -1.39. The number of hydrogen-bond donors (Lipinski definition) is 1. The van der Waals surface area contributed by atoms with Gasteiger partial charge in [-0.1, -0.05) is 18.2 Å². The van der Waals surface area contributed by atoms with Crippen LogP contribution in [0.5, 0.6) is 5.75 Å². The number of nitrogens with two attached hydrogens (primary N) is 1. The van der Waals surface area contributed by atoms with E-state index in [1.165, 1.54) is 5.56 Å². The van der Waals surface area contributed by atoms with Crippen LogP contribution in [0.4, 0.5) is 0 Å². The molecule has 0 bridgehead atoms. The van der Waals surface area contributed by atoms with Crippen LogP contribution in [0.3, 0.4) is 0 Å². The molecular weight excluding hydrogens is 232 g/mol. The number of rotatable bonds is 2. The third-order valence-electron chi connectivity index (χ3n) is 3.04. The molecule has 4 heteroatoms. The summed E-state index contributed by atoms with van der Waals surface area (Å²) in [5.74, 6) is 1.36. The maximum absolute atomic E-state index is 5.66. The van der Waals surface area contributed by atoms with Gasteiger partial charge in [0.1, 0.15) is 10.8 Å². The molecule has 1 atom stereocenters. The van der Waals surface area contributed by atoms with E-state index in [0.29, 0.717) is 12.5 Å². The van der Waals surface area contributed by atoms with Gasteiger partial charge in [0.2, 0.25) is 0 Å². The quantitative estimate of drug-likeness (QED) is 0.885. The Balaban J connectivity index is 1.99. The van der Waals surface area contributed by atoms with Gasteiger partial charge in [-0.05, 0) is 12.5 Å². The predicted molar refractivity (Wildman–Crippen MR) is 68.4 cm³/mol. The highest BCUT2D eigenvalue weighted by molar-refractivity contribution is 7.09. The molecule has 3 rings (SSSR count). The standard InChI is InChI=1S/C13H14N2OS/c14-7-9-8-17-13(15-9)11-5-6-16-12-4-2-1-3-10(11)12/h1-4,8,11H,5-7,14H2. The highest BCUT2D eigenvalue weighted by atomic mass is 32.1. The smallest absolute Gasteiger partial charge is 0.123 e. The van der Waals surface area contributed by atoms with Crippen LogP contribution in [0.2, 0.25) is 0 Å². The Kier molecular flexibility index (Phi) is 2.82. The van der Waals surface area contributed by atoms with Crippen LogP contribution in [0, 0.1) is 0 Å². The topological polar surface area (TPSA) is 48.1 Å². The van der Waals surface area contributed by atoms with Crippen LogP contribution in [0.1, 0.15) is 28.6 Å². The van der Waals surface area contributed by atoms with Gasteiger partial charge in [-0.25, -0.2) is 4.98 Å². The van der Waals surface area contributed by atoms with E-state index in [4.69, 9.17) is 10.5 Å². The molecule has 3 nitrogen and oxygen atoms in total. The molecule has 2 N–H and O–H groups in total. The summed E-state index contributed by atoms with van der Waals surface area (Å²) in [4.78, 5) is 4.59. The summed E-state index contributed by atoms with van der Waals surface area (Å²) in [5, 5.41) is 3.20. The minimum Gasteiger partial charge on any atom is -0.493 e. The van der Waals surface area contributed by atoms with Crippen LogP contribution >= 0.6 is 11.3 Å². The van der Waals surface area contributed by atoms with E-state index in [0.717, 1.165) is 29.5 Å². The monoisotopic (exact) mass is 246 g/mol. The van der Waals surface area contributed by atoms with E-state index in [1.54, 1.807) is 11.3 Å². The maximum Gasteiger partial charge on any atom is 0.123 e. The Bertz CT molecular complexity index is 524. The van der Waals surface area contributed by atoms with Gasteiger partial charge < -0.3 is 10.5 Å². The van der Waals surface area contributed by atoms with Crippen molar-refractivity contribution in [3.05, 3.63) is 45.9 Å². The van der Waals surface area contributed by atoms with Crippen molar-refractivity contribution >= 4 is 11.3 Å². The molecule has 0 amide bonds. The van der Waals surface area contributed by atoms with Crippen molar-refractivity contribution in [1.82, 2.24) is 4.98 Å². The number of benzene rings is 1. The van der Waals surface area contributed by atoms with E-state index in [9.17, 15) is 0 Å². The van der Waals surface area contributed by atoms with Crippen LogP contribution in [-0.2, 0) is 6.54 Å². The van der Waals surface area contributed by atoms with Gasteiger partial charge in [0, 0.05) is 23.4 Å². The first kappa shape index (κ1) is 10.7. The second-order valence-electron chi connectivity index (χ2n) is 4.11. The second kappa shape index (κ2) is 4.47. The number of aromatic nitrogens is 1. The fourth-order valence-corrected chi connectivity index (χ4v) is 3.16. The molecule has 0 saturated carbocycles. The van der Waals surface area contributed by atoms with Crippen molar-refractivity contribution in [3.8, 4) is 5.75 Å². The zero-order valence-electron chi connectivity index (χ0n) is 9.43. The van der Waals surface area contributed by atoms with E-state index >= 15 is 0 Å². The first-order valence-corrected chi connectivity index (χ1v) is 6.62. The summed E-state index contributed by atoms with van der Waals surface area (Å²) in [6, 6.07) is 8.22. The number of hydrogen-bond acceptors (Lipinski definition) is 4. The normalized spacial score (nSPS) is 18.5. The van der Waals surface area contributed by atoms with Gasteiger partial charge in [0.05, 0.1) is 12.3 Å². The summed E-state index contributed by atoms with van der Waals surface area (Å²) in [7, 11) is 0. The number of fused-ring (bicyclic) bond motifs is 1. The highest BCUT2D eigenvalue weighted by Gasteiger charge is 2.24. The van der Waals surface area contributed by atoms with Gasteiger partial charge in [0.25, 0.3) is 0 Å². The molecule has 1 aromatic carbocycles. The van der Waals surface area contributed by atoms with Crippen molar-refractivity contribution in [3.63, 3.8) is 0 Å². The molecular formula is C13H14N2OS. The highest BCUT2D eigenvalue weighted by Crippen LogP contribution is 2.38. The summed E-state index contributed by atoms with van der Waals surface area (Å²) < 4.78 is 5.66. The van der Waals surface area contributed by atoms with E-state index in [2.05, 4.69) is 17.1 Å². The summed E-state index contributed by atoms with van der Waals surface area (Å²) in [6.07, 6.45) is 0.995. The summed E-state index contributed by atoms with van der Waals surface area (Å²) in [5.41, 5.74) is 7.83. The zero-order valence-corrected chi connectivity index (χ0v) is 10.2. The average Bonchev–Trinajstić information content (AvgIpc) is 2.87. The lowest BCUT2D eigenvalue weighted by Gasteiger charge is -2.24. The van der Waals surface area contributed by atoms with Crippen LogP contribution in [0.15, 0.2) is 29.6 Å². The third-order valence-corrected chi connectivity index (χ3v) is 4.04. The predicted octanol–water partition coefficient (Wildman–Crippen LogP) is 2.52. The SMILES string of the molecule is NCc1csc(C2CCOc3ccccc32)n1. The molecule has 1 aromatic heterocycles. The molecule has 1 aliphatic rings. The Morgan fingerprint density at radius 3 is 3.12 bits per heavy atom. The van der Waals surface area contributed by atoms with Crippen molar-refractivity contribution in [2.75, 3.05) is 6.61 Å². The Labute approximate surface area is 104 Å². The molecule has 0 saturated heterocycles. The first-order valence-electron chi connectivity index (χ1n) is 5.74. The molecule has 1 aliphatic heterocycles. The first-order chi connectivity index (χ1) is 8.38. The fourth-order valence-electron chi connectivity index (χ4n) is 2.18. The molecule has 1 unspecified atom stereocenters. The average molecular weight is 246 g/mol. The van der Waals surface area contributed by atoms with Gasteiger partial charge in [0.15, 0.2) is 0 Å². The van der Waals surface area contributed by atoms with Crippen molar-refractivity contribution in [2.24, 2.45) is 5.73 Å². The Morgan fingerprint density at radius 2 is 2.29 bits per heavy atom. The number of nitrogens with zero attached hydrogens (tertiary/aromatic N) is 1.